The zero-order valence-electron chi connectivity index (χ0n) is 22.8. The van der Waals surface area contributed by atoms with Crippen LogP contribution < -0.4 is 9.47 Å². The number of aryl methyl sites for hydroxylation is 1. The predicted octanol–water partition coefficient (Wildman–Crippen LogP) is 7.01. The van der Waals surface area contributed by atoms with E-state index >= 15 is 0 Å². The third kappa shape index (κ3) is 15.1. The highest BCUT2D eigenvalue weighted by Gasteiger charge is 2.26. The highest BCUT2D eigenvalue weighted by Crippen LogP contribution is 2.22. The summed E-state index contributed by atoms with van der Waals surface area (Å²) in [6, 6.07) is 12.8. The molecule has 2 rings (SSSR count). The number of carbonyl (C=O) groups is 3. The minimum absolute atomic E-state index is 0.0738. The largest absolute Gasteiger partial charge is 0.494 e. The molecule has 0 fully saturated rings. The average molecular weight is 567 g/mol. The smallest absolute Gasteiger partial charge is 0.389 e. The van der Waals surface area contributed by atoms with Gasteiger partial charge in [-0.25, -0.2) is 4.79 Å². The van der Waals surface area contributed by atoms with Gasteiger partial charge in [0.05, 0.1) is 25.4 Å². The summed E-state index contributed by atoms with van der Waals surface area (Å²) < 4.78 is 57.3. The zero-order chi connectivity index (χ0) is 29.2. The van der Waals surface area contributed by atoms with Gasteiger partial charge >= 0.3 is 24.1 Å². The molecule has 0 spiro atoms. The summed E-state index contributed by atoms with van der Waals surface area (Å²) in [4.78, 5) is 35.1. The highest BCUT2D eigenvalue weighted by atomic mass is 19.4. The first-order valence-electron chi connectivity index (χ1n) is 13.5. The third-order valence-corrected chi connectivity index (χ3v) is 5.82. The van der Waals surface area contributed by atoms with Gasteiger partial charge in [0, 0.05) is 19.8 Å². The molecule has 2 aromatic carbocycles. The molecule has 0 aliphatic rings. The van der Waals surface area contributed by atoms with Crippen molar-refractivity contribution in [3.8, 4) is 11.5 Å². The molecule has 0 heterocycles. The lowest BCUT2D eigenvalue weighted by molar-refractivity contribution is -0.144. The van der Waals surface area contributed by atoms with Crippen molar-refractivity contribution in [2.45, 2.75) is 77.3 Å². The Hall–Kier alpha value is -3.56. The molecular weight excluding hydrogens is 529 g/mol. The minimum Gasteiger partial charge on any atom is -0.494 e. The SMILES string of the molecule is CC(=O)OCCCCCCCCOC(=O)CCc1ccc(OC(=O)c2ccc(OCCCC(F)(F)F)cc2)cc1. The Morgan fingerprint density at radius 3 is 1.88 bits per heavy atom. The van der Waals surface area contributed by atoms with Gasteiger partial charge < -0.3 is 18.9 Å². The summed E-state index contributed by atoms with van der Waals surface area (Å²) in [5, 5.41) is 0. The molecule has 0 aromatic heterocycles. The number of esters is 3. The number of benzene rings is 2. The van der Waals surface area contributed by atoms with Crippen LogP contribution in [0.5, 0.6) is 11.5 Å². The second-order valence-electron chi connectivity index (χ2n) is 9.31. The van der Waals surface area contributed by atoms with E-state index in [0.717, 1.165) is 44.1 Å². The van der Waals surface area contributed by atoms with E-state index in [9.17, 15) is 27.6 Å². The van der Waals surface area contributed by atoms with Crippen molar-refractivity contribution < 1.29 is 46.5 Å². The monoisotopic (exact) mass is 566 g/mol. The van der Waals surface area contributed by atoms with Gasteiger partial charge in [-0.05, 0) is 67.6 Å². The molecule has 0 aliphatic carbocycles. The summed E-state index contributed by atoms with van der Waals surface area (Å²) in [5.41, 5.74) is 1.17. The van der Waals surface area contributed by atoms with Crippen LogP contribution in [0.1, 0.15) is 80.6 Å². The van der Waals surface area contributed by atoms with E-state index in [0.29, 0.717) is 31.1 Å². The Labute approximate surface area is 232 Å². The molecule has 0 saturated carbocycles. The number of carbonyl (C=O) groups excluding carboxylic acids is 3. The number of unbranched alkanes of at least 4 members (excludes halogenated alkanes) is 5. The van der Waals surface area contributed by atoms with E-state index in [1.807, 2.05) is 0 Å². The van der Waals surface area contributed by atoms with Crippen LogP contribution in [-0.2, 0) is 25.5 Å². The maximum absolute atomic E-state index is 12.4. The van der Waals surface area contributed by atoms with Gasteiger partial charge in [-0.2, -0.15) is 13.2 Å². The average Bonchev–Trinajstić information content (AvgIpc) is 2.91. The lowest BCUT2D eigenvalue weighted by Gasteiger charge is -2.09. The zero-order valence-corrected chi connectivity index (χ0v) is 22.8. The van der Waals surface area contributed by atoms with Crippen molar-refractivity contribution in [3.63, 3.8) is 0 Å². The molecule has 0 atom stereocenters. The van der Waals surface area contributed by atoms with Crippen LogP contribution in [0.15, 0.2) is 48.5 Å². The van der Waals surface area contributed by atoms with Gasteiger partial charge in [-0.1, -0.05) is 37.8 Å². The van der Waals surface area contributed by atoms with Crippen molar-refractivity contribution in [2.75, 3.05) is 19.8 Å². The van der Waals surface area contributed by atoms with Crippen molar-refractivity contribution >= 4 is 17.9 Å². The Bertz CT molecular complexity index is 1030. The van der Waals surface area contributed by atoms with E-state index in [2.05, 4.69) is 0 Å². The number of halogens is 3. The van der Waals surface area contributed by atoms with Crippen molar-refractivity contribution in [1.82, 2.24) is 0 Å². The van der Waals surface area contributed by atoms with Crippen molar-refractivity contribution in [1.29, 1.82) is 0 Å². The fraction of sp³-hybridized carbons (Fsp3) is 0.500. The second kappa shape index (κ2) is 17.9. The molecular formula is C30H37F3O7. The lowest BCUT2D eigenvalue weighted by atomic mass is 10.1. The molecule has 0 bridgehead atoms. The van der Waals surface area contributed by atoms with Gasteiger partial charge in [-0.3, -0.25) is 9.59 Å². The number of hydrogen-bond donors (Lipinski definition) is 0. The third-order valence-electron chi connectivity index (χ3n) is 5.82. The number of rotatable bonds is 18. The number of ether oxygens (including phenoxy) is 4. The first-order valence-corrected chi connectivity index (χ1v) is 13.5. The van der Waals surface area contributed by atoms with Crippen LogP contribution in [-0.4, -0.2) is 43.9 Å². The van der Waals surface area contributed by atoms with Gasteiger partial charge in [0.2, 0.25) is 0 Å². The van der Waals surface area contributed by atoms with Crippen LogP contribution >= 0.6 is 0 Å². The summed E-state index contributed by atoms with van der Waals surface area (Å²) in [7, 11) is 0. The summed E-state index contributed by atoms with van der Waals surface area (Å²) in [6.45, 7) is 2.19. The first kappa shape index (κ1) is 32.7. The molecule has 0 amide bonds. The fourth-order valence-corrected chi connectivity index (χ4v) is 3.67. The van der Waals surface area contributed by atoms with Gasteiger partial charge in [0.25, 0.3) is 0 Å². The van der Waals surface area contributed by atoms with E-state index in [-0.39, 0.29) is 37.0 Å². The van der Waals surface area contributed by atoms with Crippen molar-refractivity contribution in [2.24, 2.45) is 0 Å². The van der Waals surface area contributed by atoms with Gasteiger partial charge in [-0.15, -0.1) is 0 Å². The van der Waals surface area contributed by atoms with E-state index in [1.165, 1.54) is 31.2 Å². The van der Waals surface area contributed by atoms with E-state index in [4.69, 9.17) is 18.9 Å². The Morgan fingerprint density at radius 1 is 0.700 bits per heavy atom. The maximum atomic E-state index is 12.4. The number of alkyl halides is 3. The summed E-state index contributed by atoms with van der Waals surface area (Å²) in [5.74, 6) is -0.382. The van der Waals surface area contributed by atoms with Crippen molar-refractivity contribution in [3.05, 3.63) is 59.7 Å². The molecule has 0 N–H and O–H groups in total. The van der Waals surface area contributed by atoms with Crippen LogP contribution in [0, 0.1) is 0 Å². The summed E-state index contributed by atoms with van der Waals surface area (Å²) in [6.07, 6.45) is 1.24. The molecule has 0 radical (unpaired) electrons. The van der Waals surface area contributed by atoms with Crippen LogP contribution in [0.4, 0.5) is 13.2 Å². The molecule has 40 heavy (non-hydrogen) atoms. The number of hydrogen-bond acceptors (Lipinski definition) is 7. The van der Waals surface area contributed by atoms with E-state index in [1.54, 1.807) is 24.3 Å². The molecule has 2 aromatic rings. The molecule has 10 heteroatoms. The Balaban J connectivity index is 1.59. The minimum atomic E-state index is -4.21. The topological polar surface area (TPSA) is 88.1 Å². The highest BCUT2D eigenvalue weighted by molar-refractivity contribution is 5.91. The molecule has 0 saturated heterocycles. The van der Waals surface area contributed by atoms with Gasteiger partial charge in [0.1, 0.15) is 11.5 Å². The standard InChI is InChI=1S/C30H37F3O7/c1-23(34)37-20-6-4-2-3-5-7-21-39-28(35)18-11-24-9-14-27(15-10-24)40-29(36)25-12-16-26(17-13-25)38-22-8-19-30(31,32)33/h9-10,12-17H,2-8,11,18-22H2,1H3. The molecule has 0 aliphatic heterocycles. The Kier molecular flexibility index (Phi) is 14.6. The molecule has 220 valence electrons. The lowest BCUT2D eigenvalue weighted by Crippen LogP contribution is -2.10. The second-order valence-corrected chi connectivity index (χ2v) is 9.31. The Morgan fingerprint density at radius 2 is 1.27 bits per heavy atom. The predicted molar refractivity (Wildman–Crippen MR) is 142 cm³/mol. The fourth-order valence-electron chi connectivity index (χ4n) is 3.67. The van der Waals surface area contributed by atoms with Gasteiger partial charge in [0.15, 0.2) is 0 Å². The molecule has 7 nitrogen and oxygen atoms in total. The quantitative estimate of drug-likeness (QED) is 0.109. The first-order chi connectivity index (χ1) is 19.1. The maximum Gasteiger partial charge on any atom is 0.389 e. The van der Waals surface area contributed by atoms with E-state index < -0.39 is 18.6 Å². The van der Waals surface area contributed by atoms with Crippen LogP contribution in [0.3, 0.4) is 0 Å². The van der Waals surface area contributed by atoms with Crippen LogP contribution in [0.2, 0.25) is 0 Å². The normalized spacial score (nSPS) is 11.1. The molecule has 0 unspecified atom stereocenters. The summed E-state index contributed by atoms with van der Waals surface area (Å²) >= 11 is 0. The van der Waals surface area contributed by atoms with Crippen LogP contribution in [0.25, 0.3) is 0 Å².